The molecule has 1 saturated heterocycles. The van der Waals surface area contributed by atoms with Crippen molar-refractivity contribution in [2.24, 2.45) is 7.05 Å². The van der Waals surface area contributed by atoms with E-state index in [0.717, 1.165) is 24.6 Å². The monoisotopic (exact) mass is 521 g/mol. The first-order valence-electron chi connectivity index (χ1n) is 12.7. The van der Waals surface area contributed by atoms with Gasteiger partial charge in [-0.1, -0.05) is 12.1 Å². The van der Waals surface area contributed by atoms with Crippen LogP contribution in [0.5, 0.6) is 0 Å². The zero-order valence-electron chi connectivity index (χ0n) is 21.5. The number of benzene rings is 1. The van der Waals surface area contributed by atoms with Gasteiger partial charge in [0, 0.05) is 67.9 Å². The van der Waals surface area contributed by atoms with Crippen LogP contribution in [0.15, 0.2) is 36.7 Å². The molecule has 3 aromatic heterocycles. The van der Waals surface area contributed by atoms with Crippen molar-refractivity contribution in [1.82, 2.24) is 34.1 Å². The van der Waals surface area contributed by atoms with Gasteiger partial charge >= 0.3 is 0 Å². The molecule has 198 valence electrons. The minimum absolute atomic E-state index is 0.00919. The van der Waals surface area contributed by atoms with Gasteiger partial charge in [0.25, 0.3) is 6.43 Å². The number of aromatic nitrogens is 5. The molecule has 0 bridgehead atoms. The number of imidazole rings is 1. The van der Waals surface area contributed by atoms with Gasteiger partial charge < -0.3 is 14.6 Å². The number of likely N-dealkylation sites (tertiary alicyclic amines) is 1. The van der Waals surface area contributed by atoms with Gasteiger partial charge in [0.05, 0.1) is 41.9 Å². The average molecular weight is 522 g/mol. The van der Waals surface area contributed by atoms with Crippen LogP contribution in [0.3, 0.4) is 0 Å². The lowest BCUT2D eigenvalue weighted by atomic mass is 9.98. The highest BCUT2D eigenvalue weighted by molar-refractivity contribution is 5.96. The Bertz CT molecular complexity index is 1540. The number of β-amino-alcohol motifs (C(OH)–C–C–N with tert-alkyl or cyclic N) is 1. The minimum atomic E-state index is -2.72. The normalized spacial score (nSPS) is 18.4. The van der Waals surface area contributed by atoms with Gasteiger partial charge in [-0.25, -0.2) is 18.7 Å². The largest absolute Gasteiger partial charge is 0.395 e. The van der Waals surface area contributed by atoms with E-state index < -0.39 is 12.5 Å². The first-order valence-corrected chi connectivity index (χ1v) is 12.7. The van der Waals surface area contributed by atoms with Crippen molar-refractivity contribution < 1.29 is 18.7 Å². The Labute approximate surface area is 218 Å². The first-order chi connectivity index (χ1) is 18.3. The van der Waals surface area contributed by atoms with Gasteiger partial charge in [0.15, 0.2) is 0 Å². The summed E-state index contributed by atoms with van der Waals surface area (Å²) in [4.78, 5) is 26.5. The second kappa shape index (κ2) is 9.25. The number of aryl methyl sites for hydroxylation is 1. The van der Waals surface area contributed by atoms with Crippen LogP contribution < -0.4 is 0 Å². The molecule has 1 amide bonds. The van der Waals surface area contributed by atoms with Crippen molar-refractivity contribution in [3.05, 3.63) is 53.7 Å². The Morgan fingerprint density at radius 2 is 1.95 bits per heavy atom. The van der Waals surface area contributed by atoms with Crippen molar-refractivity contribution in [3.8, 4) is 22.5 Å². The summed E-state index contributed by atoms with van der Waals surface area (Å²) in [6.07, 6.45) is 0.488. The summed E-state index contributed by atoms with van der Waals surface area (Å²) in [5.74, 6) is 0.953. The van der Waals surface area contributed by atoms with E-state index in [1.165, 1.54) is 12.3 Å². The molecule has 2 aliphatic heterocycles. The number of alkyl halides is 2. The maximum Gasteiger partial charge on any atom is 0.265 e. The van der Waals surface area contributed by atoms with Crippen molar-refractivity contribution in [2.75, 3.05) is 33.3 Å². The maximum atomic E-state index is 14.3. The summed E-state index contributed by atoms with van der Waals surface area (Å²) in [7, 11) is 3.50. The highest BCUT2D eigenvalue weighted by Gasteiger charge is 2.39. The third kappa shape index (κ3) is 3.88. The maximum absolute atomic E-state index is 14.3. The Hall–Kier alpha value is -3.70. The average Bonchev–Trinajstić information content (AvgIpc) is 3.47. The number of fused-ring (bicyclic) bond motifs is 2. The van der Waals surface area contributed by atoms with E-state index in [1.54, 1.807) is 29.9 Å². The number of nitrogens with zero attached hydrogens (tertiary/aromatic N) is 7. The third-order valence-corrected chi connectivity index (χ3v) is 7.64. The van der Waals surface area contributed by atoms with Crippen molar-refractivity contribution in [3.63, 3.8) is 0 Å². The van der Waals surface area contributed by atoms with Gasteiger partial charge in [-0.15, -0.1) is 0 Å². The lowest BCUT2D eigenvalue weighted by molar-refractivity contribution is -0.135. The van der Waals surface area contributed by atoms with E-state index in [-0.39, 0.29) is 29.7 Å². The Morgan fingerprint density at radius 3 is 2.63 bits per heavy atom. The molecule has 1 unspecified atom stereocenters. The molecule has 0 radical (unpaired) electrons. The summed E-state index contributed by atoms with van der Waals surface area (Å²) in [6.45, 7) is 4.42. The van der Waals surface area contributed by atoms with Crippen LogP contribution in [-0.4, -0.2) is 78.4 Å². The summed E-state index contributed by atoms with van der Waals surface area (Å²) < 4.78 is 32.2. The molecule has 1 aromatic carbocycles. The van der Waals surface area contributed by atoms with E-state index in [0.29, 0.717) is 40.8 Å². The molecule has 0 aliphatic carbocycles. The Balaban J connectivity index is 1.53. The van der Waals surface area contributed by atoms with Crippen molar-refractivity contribution in [1.29, 1.82) is 0 Å². The lowest BCUT2D eigenvalue weighted by Crippen LogP contribution is -2.48. The number of halogens is 2. The number of rotatable bonds is 6. The number of likely N-dealkylation sites (N-methyl/N-ethyl adjacent to an activating group) is 1. The van der Waals surface area contributed by atoms with Gasteiger partial charge in [0.1, 0.15) is 11.9 Å². The second-order valence-electron chi connectivity index (χ2n) is 10.2. The molecule has 0 spiro atoms. The number of hydrogen-bond acceptors (Lipinski definition) is 6. The van der Waals surface area contributed by atoms with Gasteiger partial charge in [0.2, 0.25) is 5.91 Å². The fraction of sp³-hybridized carbons (Fsp3) is 0.407. The highest BCUT2D eigenvalue weighted by atomic mass is 19.3. The van der Waals surface area contributed by atoms with E-state index in [9.17, 15) is 18.7 Å². The molecule has 11 heteroatoms. The summed E-state index contributed by atoms with van der Waals surface area (Å²) in [6, 6.07) is 6.65. The van der Waals surface area contributed by atoms with Crippen LogP contribution in [0, 0.1) is 0 Å². The quantitative estimate of drug-likeness (QED) is 0.418. The van der Waals surface area contributed by atoms with Crippen LogP contribution in [0.1, 0.15) is 42.4 Å². The first kappa shape index (κ1) is 24.6. The van der Waals surface area contributed by atoms with Crippen LogP contribution >= 0.6 is 0 Å². The molecular formula is C27H29F2N7O2. The number of aliphatic hydroxyl groups is 1. The van der Waals surface area contributed by atoms with Crippen molar-refractivity contribution in [2.45, 2.75) is 31.9 Å². The Morgan fingerprint density at radius 1 is 1.16 bits per heavy atom. The van der Waals surface area contributed by atoms with Gasteiger partial charge in [-0.05, 0) is 19.1 Å². The number of amides is 1. The molecule has 5 heterocycles. The zero-order chi connectivity index (χ0) is 26.7. The molecular weight excluding hydrogens is 492 g/mol. The molecule has 9 nitrogen and oxygen atoms in total. The minimum Gasteiger partial charge on any atom is -0.395 e. The number of hydrogen-bond donors (Lipinski definition) is 1. The highest BCUT2D eigenvalue weighted by Crippen LogP contribution is 2.41. The topological polar surface area (TPSA) is 92.3 Å². The number of carbonyl (C=O) groups is 1. The van der Waals surface area contributed by atoms with E-state index in [2.05, 4.69) is 15.0 Å². The fourth-order valence-corrected chi connectivity index (χ4v) is 5.72. The summed E-state index contributed by atoms with van der Waals surface area (Å²) >= 11 is 0. The van der Waals surface area contributed by atoms with Crippen LogP contribution in [0.25, 0.3) is 33.4 Å². The zero-order valence-corrected chi connectivity index (χ0v) is 21.5. The molecule has 1 N–H and O–H groups in total. The van der Waals surface area contributed by atoms with Crippen LogP contribution in [-0.2, 0) is 18.4 Å². The summed E-state index contributed by atoms with van der Waals surface area (Å²) in [5.41, 5.74) is 3.45. The molecule has 0 saturated carbocycles. The smallest absolute Gasteiger partial charge is 0.265 e. The number of pyridine rings is 1. The molecule has 38 heavy (non-hydrogen) atoms. The molecule has 2 aliphatic rings. The second-order valence-corrected chi connectivity index (χ2v) is 10.2. The predicted molar refractivity (Wildman–Crippen MR) is 138 cm³/mol. The van der Waals surface area contributed by atoms with Gasteiger partial charge in [-0.2, -0.15) is 5.10 Å². The van der Waals surface area contributed by atoms with Crippen LogP contribution in [0.4, 0.5) is 8.78 Å². The molecule has 6 rings (SSSR count). The van der Waals surface area contributed by atoms with E-state index >= 15 is 0 Å². The lowest BCUT2D eigenvalue weighted by Gasteiger charge is -2.40. The van der Waals surface area contributed by atoms with E-state index in [1.807, 2.05) is 29.7 Å². The predicted octanol–water partition coefficient (Wildman–Crippen LogP) is 3.36. The molecule has 1 atom stereocenters. The van der Waals surface area contributed by atoms with Crippen molar-refractivity contribution >= 4 is 16.8 Å². The third-order valence-electron chi connectivity index (χ3n) is 7.64. The van der Waals surface area contributed by atoms with Crippen LogP contribution in [0.2, 0.25) is 0 Å². The Kier molecular flexibility index (Phi) is 5.99. The number of carbonyl (C=O) groups excluding carboxylic acids is 1. The standard InChI is InChI=1S/C27H29F2N7O2/c1-15-27(38)33(2)14-22-24(32-26(36(15)22)17-12-35(13-17)7-8-37)18-5-4-6-21-19(18)9-20(25(28)29)23(31-21)16-10-30-34(3)11-16/h4-6,9-11,15,17,25,37H,7-8,12-14H2,1-3H3. The SMILES string of the molecule is CC1C(=O)N(C)Cc2c(-c3cccc4nc(-c5cnn(C)c5)c(C(F)F)cc34)nc(C3CN(CCO)C3)n21. The van der Waals surface area contributed by atoms with Gasteiger partial charge in [-0.3, -0.25) is 14.4 Å². The summed E-state index contributed by atoms with van der Waals surface area (Å²) in [5, 5.41) is 14.0. The van der Waals surface area contributed by atoms with E-state index in [4.69, 9.17) is 4.98 Å². The number of aliphatic hydroxyl groups excluding tert-OH is 1. The fourth-order valence-electron chi connectivity index (χ4n) is 5.72. The molecule has 4 aromatic rings. The molecule has 1 fully saturated rings.